The van der Waals surface area contributed by atoms with E-state index in [9.17, 15) is 19.4 Å². The van der Waals surface area contributed by atoms with Gasteiger partial charge in [0.05, 0.1) is 16.0 Å². The van der Waals surface area contributed by atoms with Gasteiger partial charge < -0.3 is 19.5 Å². The predicted octanol–water partition coefficient (Wildman–Crippen LogP) is 5.99. The fraction of sp³-hybridized carbons (Fsp3) is 0.400. The highest BCUT2D eigenvalue weighted by atomic mass is 35.5. The van der Waals surface area contributed by atoms with Crippen LogP contribution in [-0.2, 0) is 9.53 Å². The number of aliphatic carboxylic acids is 1. The monoisotopic (exact) mass is 457 g/mol. The van der Waals surface area contributed by atoms with E-state index in [4.69, 9.17) is 16.3 Å². The first kappa shape index (κ1) is 21.3. The van der Waals surface area contributed by atoms with Gasteiger partial charge in [-0.3, -0.25) is 4.79 Å². The summed E-state index contributed by atoms with van der Waals surface area (Å²) in [4.78, 5) is 11.8. The maximum Gasteiger partial charge on any atom is 0.309 e. The van der Waals surface area contributed by atoms with Crippen LogP contribution < -0.4 is 0 Å². The summed E-state index contributed by atoms with van der Waals surface area (Å²) >= 11 is 6.14. The van der Waals surface area contributed by atoms with Crippen LogP contribution in [0.25, 0.3) is 16.6 Å². The van der Waals surface area contributed by atoms with E-state index >= 15 is 0 Å². The highest BCUT2D eigenvalue weighted by Gasteiger charge is 2.49. The van der Waals surface area contributed by atoms with Gasteiger partial charge in [0.15, 0.2) is 0 Å². The number of rotatable bonds is 4. The van der Waals surface area contributed by atoms with Crippen molar-refractivity contribution in [1.29, 1.82) is 0 Å². The molecule has 168 valence electrons. The summed E-state index contributed by atoms with van der Waals surface area (Å²) in [7, 11) is 0. The van der Waals surface area contributed by atoms with E-state index in [-0.39, 0.29) is 22.6 Å². The standard InChI is InChI=1S/C25H25ClFNO4/c1-25(24(30)31)12-15(13-25)22-18-11-17(29)3-5-21(18)28(16-2-4-20(27)19(26)10-16)23(22)14-6-8-32-9-7-14/h2-5,10-11,14-15,29H,6-9,12-13H2,1H3,(H,30,31). The van der Waals surface area contributed by atoms with Crippen LogP contribution in [0.2, 0.25) is 5.02 Å². The maximum absolute atomic E-state index is 13.9. The third-order valence-corrected chi connectivity index (χ3v) is 7.41. The van der Waals surface area contributed by atoms with E-state index < -0.39 is 17.2 Å². The average Bonchev–Trinajstić information content (AvgIpc) is 3.07. The number of fused-ring (bicyclic) bond motifs is 1. The molecule has 1 aromatic heterocycles. The smallest absolute Gasteiger partial charge is 0.309 e. The van der Waals surface area contributed by atoms with Gasteiger partial charge in [0, 0.05) is 35.9 Å². The largest absolute Gasteiger partial charge is 0.508 e. The number of benzene rings is 2. The summed E-state index contributed by atoms with van der Waals surface area (Å²) in [5.74, 6) is -0.831. The molecule has 7 heteroatoms. The highest BCUT2D eigenvalue weighted by Crippen LogP contribution is 2.55. The Kier molecular flexibility index (Phi) is 5.18. The minimum absolute atomic E-state index is 0.0460. The molecule has 1 aliphatic carbocycles. The van der Waals surface area contributed by atoms with E-state index in [1.54, 1.807) is 31.2 Å². The van der Waals surface area contributed by atoms with E-state index in [0.29, 0.717) is 26.1 Å². The fourth-order valence-corrected chi connectivity index (χ4v) is 5.61. The Morgan fingerprint density at radius 3 is 2.53 bits per heavy atom. The second-order valence-electron chi connectivity index (χ2n) is 9.29. The molecule has 0 spiro atoms. The van der Waals surface area contributed by atoms with Crippen LogP contribution in [0, 0.1) is 11.2 Å². The molecule has 1 saturated carbocycles. The number of phenolic OH excluding ortho intramolecular Hbond substituents is 1. The van der Waals surface area contributed by atoms with Crippen LogP contribution in [0.3, 0.4) is 0 Å². The Labute approximate surface area is 190 Å². The summed E-state index contributed by atoms with van der Waals surface area (Å²) in [6.07, 6.45) is 2.76. The van der Waals surface area contributed by atoms with Crippen molar-refractivity contribution >= 4 is 28.5 Å². The van der Waals surface area contributed by atoms with Gasteiger partial charge in [0.2, 0.25) is 0 Å². The lowest BCUT2D eigenvalue weighted by Gasteiger charge is -2.43. The molecule has 0 bridgehead atoms. The maximum atomic E-state index is 13.9. The number of aromatic hydroxyl groups is 1. The van der Waals surface area contributed by atoms with Crippen LogP contribution in [0.5, 0.6) is 5.75 Å². The van der Waals surface area contributed by atoms with Crippen molar-refractivity contribution in [3.05, 3.63) is 58.5 Å². The summed E-state index contributed by atoms with van der Waals surface area (Å²) in [6, 6.07) is 9.96. The number of aromatic nitrogens is 1. The van der Waals surface area contributed by atoms with Gasteiger partial charge in [-0.05, 0) is 80.5 Å². The van der Waals surface area contributed by atoms with Crippen molar-refractivity contribution in [3.8, 4) is 11.4 Å². The fourth-order valence-electron chi connectivity index (χ4n) is 5.43. The molecule has 2 fully saturated rings. The first-order valence-corrected chi connectivity index (χ1v) is 11.3. The molecule has 5 nitrogen and oxygen atoms in total. The molecule has 0 atom stereocenters. The predicted molar refractivity (Wildman–Crippen MR) is 120 cm³/mol. The van der Waals surface area contributed by atoms with Crippen LogP contribution in [0.4, 0.5) is 4.39 Å². The average molecular weight is 458 g/mol. The van der Waals surface area contributed by atoms with Crippen molar-refractivity contribution in [2.75, 3.05) is 13.2 Å². The zero-order valence-electron chi connectivity index (χ0n) is 17.8. The van der Waals surface area contributed by atoms with Crippen LogP contribution in [0.1, 0.15) is 55.7 Å². The molecular formula is C25H25ClFNO4. The van der Waals surface area contributed by atoms with Crippen molar-refractivity contribution in [2.24, 2.45) is 5.41 Å². The number of hydrogen-bond donors (Lipinski definition) is 2. The van der Waals surface area contributed by atoms with Gasteiger partial charge in [-0.1, -0.05) is 11.6 Å². The van der Waals surface area contributed by atoms with Gasteiger partial charge in [0.25, 0.3) is 0 Å². The van der Waals surface area contributed by atoms with E-state index in [0.717, 1.165) is 40.7 Å². The third kappa shape index (κ3) is 3.37. The topological polar surface area (TPSA) is 71.7 Å². The molecule has 0 unspecified atom stereocenters. The molecular weight excluding hydrogens is 433 g/mol. The molecule has 3 aromatic rings. The molecule has 2 aromatic carbocycles. The van der Waals surface area contributed by atoms with E-state index in [1.807, 2.05) is 6.07 Å². The van der Waals surface area contributed by atoms with Gasteiger partial charge in [0.1, 0.15) is 11.6 Å². The number of carbonyl (C=O) groups is 1. The second kappa shape index (κ2) is 7.78. The van der Waals surface area contributed by atoms with Crippen LogP contribution in [-0.4, -0.2) is 34.0 Å². The van der Waals surface area contributed by atoms with Crippen LogP contribution in [0.15, 0.2) is 36.4 Å². The minimum Gasteiger partial charge on any atom is -0.508 e. The van der Waals surface area contributed by atoms with Crippen molar-refractivity contribution < 1.29 is 24.1 Å². The summed E-state index contributed by atoms with van der Waals surface area (Å²) in [6.45, 7) is 3.09. The lowest BCUT2D eigenvalue weighted by molar-refractivity contribution is -0.154. The first-order valence-electron chi connectivity index (χ1n) is 10.9. The Balaban J connectivity index is 1.76. The number of ether oxygens (including phenoxy) is 1. The molecule has 2 aliphatic rings. The molecule has 0 amide bonds. The Morgan fingerprint density at radius 2 is 1.88 bits per heavy atom. The SMILES string of the molecule is CC1(C(=O)O)CC(c2c(C3CCOCC3)n(-c3ccc(F)c(Cl)c3)c3ccc(O)cc23)C1. The Morgan fingerprint density at radius 1 is 1.16 bits per heavy atom. The first-order chi connectivity index (χ1) is 15.3. The van der Waals surface area contributed by atoms with Crippen molar-refractivity contribution in [1.82, 2.24) is 4.57 Å². The zero-order valence-corrected chi connectivity index (χ0v) is 18.5. The lowest BCUT2D eigenvalue weighted by Crippen LogP contribution is -2.40. The van der Waals surface area contributed by atoms with Crippen LogP contribution >= 0.6 is 11.6 Å². The highest BCUT2D eigenvalue weighted by molar-refractivity contribution is 6.30. The summed E-state index contributed by atoms with van der Waals surface area (Å²) in [5, 5.41) is 20.9. The number of carboxylic acid groups (broad SMARTS) is 1. The number of halogens is 2. The van der Waals surface area contributed by atoms with Crippen molar-refractivity contribution in [3.63, 3.8) is 0 Å². The van der Waals surface area contributed by atoms with Crippen molar-refractivity contribution in [2.45, 2.75) is 44.4 Å². The second-order valence-corrected chi connectivity index (χ2v) is 9.70. The van der Waals surface area contributed by atoms with Gasteiger partial charge >= 0.3 is 5.97 Å². The van der Waals surface area contributed by atoms with E-state index in [1.165, 1.54) is 6.07 Å². The summed E-state index contributed by atoms with van der Waals surface area (Å²) < 4.78 is 21.7. The zero-order chi connectivity index (χ0) is 22.6. The molecule has 2 heterocycles. The number of nitrogens with zero attached hydrogens (tertiary/aromatic N) is 1. The molecule has 0 radical (unpaired) electrons. The number of phenols is 1. The lowest BCUT2D eigenvalue weighted by atomic mass is 9.60. The molecule has 5 rings (SSSR count). The van der Waals surface area contributed by atoms with Gasteiger partial charge in [-0.2, -0.15) is 0 Å². The number of hydrogen-bond acceptors (Lipinski definition) is 3. The van der Waals surface area contributed by atoms with E-state index in [2.05, 4.69) is 4.57 Å². The normalized spacial score (nSPS) is 23.9. The molecule has 1 saturated heterocycles. The third-order valence-electron chi connectivity index (χ3n) is 7.12. The minimum atomic E-state index is -0.779. The Hall–Kier alpha value is -2.57. The number of carboxylic acids is 1. The Bertz CT molecular complexity index is 1210. The van der Waals surface area contributed by atoms with Gasteiger partial charge in [-0.15, -0.1) is 0 Å². The molecule has 1 aliphatic heterocycles. The molecule has 2 N–H and O–H groups in total. The van der Waals surface area contributed by atoms with Gasteiger partial charge in [-0.25, -0.2) is 4.39 Å². The quantitative estimate of drug-likeness (QED) is 0.504. The summed E-state index contributed by atoms with van der Waals surface area (Å²) in [5.41, 5.74) is 3.07. The molecule has 32 heavy (non-hydrogen) atoms.